The second-order valence-electron chi connectivity index (χ2n) is 7.02. The zero-order chi connectivity index (χ0) is 21.4. The first kappa shape index (κ1) is 19.7. The van der Waals surface area contributed by atoms with Crippen LogP contribution >= 0.6 is 23.4 Å². The summed E-state index contributed by atoms with van der Waals surface area (Å²) in [4.78, 5) is 21.8. The molecule has 0 radical (unpaired) electrons. The lowest BCUT2D eigenvalue weighted by molar-refractivity contribution is 0.411. The Bertz CT molecular complexity index is 1460. The van der Waals surface area contributed by atoms with Gasteiger partial charge in [-0.3, -0.25) is 4.79 Å². The Morgan fingerprint density at radius 3 is 2.58 bits per heavy atom. The van der Waals surface area contributed by atoms with E-state index in [0.717, 1.165) is 16.5 Å². The van der Waals surface area contributed by atoms with Crippen LogP contribution in [0.4, 0.5) is 0 Å². The van der Waals surface area contributed by atoms with Crippen molar-refractivity contribution in [3.8, 4) is 11.4 Å². The average Bonchev–Trinajstić information content (AvgIpc) is 3.18. The molecule has 1 N–H and O–H groups in total. The number of H-pyrrole nitrogens is 1. The van der Waals surface area contributed by atoms with Crippen molar-refractivity contribution in [2.24, 2.45) is 0 Å². The molecule has 7 heteroatoms. The predicted octanol–water partition coefficient (Wildman–Crippen LogP) is 5.82. The maximum atomic E-state index is 13.6. The van der Waals surface area contributed by atoms with Gasteiger partial charge in [-0.25, -0.2) is 9.55 Å². The number of halogens is 1. The lowest BCUT2D eigenvalue weighted by Crippen LogP contribution is -2.22. The maximum absolute atomic E-state index is 13.6. The van der Waals surface area contributed by atoms with Gasteiger partial charge in [-0.15, -0.1) is 0 Å². The molecule has 0 amide bonds. The highest BCUT2D eigenvalue weighted by atomic mass is 35.5. The van der Waals surface area contributed by atoms with E-state index in [1.54, 1.807) is 11.7 Å². The summed E-state index contributed by atoms with van der Waals surface area (Å²) in [5.74, 6) is 1.25. The van der Waals surface area contributed by atoms with Crippen molar-refractivity contribution in [2.75, 3.05) is 7.11 Å². The van der Waals surface area contributed by atoms with Gasteiger partial charge in [-0.2, -0.15) is 0 Å². The van der Waals surface area contributed by atoms with Crippen LogP contribution < -0.4 is 10.3 Å². The van der Waals surface area contributed by atoms with Gasteiger partial charge in [0.15, 0.2) is 5.16 Å². The van der Waals surface area contributed by atoms with E-state index in [2.05, 4.69) is 4.98 Å². The summed E-state index contributed by atoms with van der Waals surface area (Å²) in [6.45, 7) is 0. The van der Waals surface area contributed by atoms with Gasteiger partial charge in [0.25, 0.3) is 5.56 Å². The fourth-order valence-electron chi connectivity index (χ4n) is 3.59. The third kappa shape index (κ3) is 3.58. The zero-order valence-corrected chi connectivity index (χ0v) is 18.2. The average molecular weight is 448 g/mol. The third-order valence-corrected chi connectivity index (χ3v) is 6.36. The van der Waals surface area contributed by atoms with Gasteiger partial charge in [-0.05, 0) is 35.9 Å². The first-order chi connectivity index (χ1) is 15.2. The monoisotopic (exact) mass is 447 g/mol. The lowest BCUT2D eigenvalue weighted by atomic mass is 10.2. The van der Waals surface area contributed by atoms with E-state index in [-0.39, 0.29) is 5.56 Å². The highest BCUT2D eigenvalue weighted by Crippen LogP contribution is 2.31. The summed E-state index contributed by atoms with van der Waals surface area (Å²) < 4.78 is 7.16. The van der Waals surface area contributed by atoms with Crippen molar-refractivity contribution in [3.05, 3.63) is 93.7 Å². The lowest BCUT2D eigenvalue weighted by Gasteiger charge is -2.15. The number of ether oxygens (including phenoxy) is 1. The number of hydrogen-bond acceptors (Lipinski definition) is 4. The maximum Gasteiger partial charge on any atom is 0.283 e. The summed E-state index contributed by atoms with van der Waals surface area (Å²) >= 11 is 7.51. The molecule has 0 atom stereocenters. The molecule has 5 nitrogen and oxygen atoms in total. The second kappa shape index (κ2) is 8.13. The SMILES string of the molecule is COc1ccccc1-n1c(SCc2ccc(Cl)cc2)nc2c([nH]c3ccccc32)c1=O. The number of aromatic nitrogens is 3. The van der Waals surface area contributed by atoms with Crippen LogP contribution in [0.2, 0.25) is 5.02 Å². The molecule has 5 aromatic rings. The van der Waals surface area contributed by atoms with Crippen LogP contribution in [0.1, 0.15) is 5.56 Å². The second-order valence-corrected chi connectivity index (χ2v) is 8.40. The Balaban J connectivity index is 1.73. The van der Waals surface area contributed by atoms with Gasteiger partial charge in [0.05, 0.1) is 12.8 Å². The van der Waals surface area contributed by atoms with Crippen LogP contribution in [-0.2, 0) is 5.75 Å². The normalized spacial score (nSPS) is 11.3. The van der Waals surface area contributed by atoms with E-state index >= 15 is 0 Å². The molecule has 0 spiro atoms. The molecule has 0 bridgehead atoms. The summed E-state index contributed by atoms with van der Waals surface area (Å²) in [6, 6.07) is 22.9. The fraction of sp³-hybridized carbons (Fsp3) is 0.0833. The van der Waals surface area contributed by atoms with Gasteiger partial charge in [0, 0.05) is 21.7 Å². The molecule has 154 valence electrons. The number of thioether (sulfide) groups is 1. The molecule has 31 heavy (non-hydrogen) atoms. The summed E-state index contributed by atoms with van der Waals surface area (Å²) in [5, 5.41) is 2.22. The summed E-state index contributed by atoms with van der Waals surface area (Å²) in [7, 11) is 1.60. The van der Waals surface area contributed by atoms with Crippen LogP contribution in [-0.4, -0.2) is 21.6 Å². The number of aromatic amines is 1. The third-order valence-electron chi connectivity index (χ3n) is 5.10. The van der Waals surface area contributed by atoms with Crippen LogP contribution in [0.15, 0.2) is 82.7 Å². The number of fused-ring (bicyclic) bond motifs is 3. The van der Waals surface area contributed by atoms with E-state index in [4.69, 9.17) is 21.3 Å². The van der Waals surface area contributed by atoms with Crippen LogP contribution in [0.3, 0.4) is 0 Å². The van der Waals surface area contributed by atoms with Crippen molar-refractivity contribution < 1.29 is 4.74 Å². The minimum absolute atomic E-state index is 0.163. The van der Waals surface area contributed by atoms with Gasteiger partial charge < -0.3 is 9.72 Å². The number of nitrogens with zero attached hydrogens (tertiary/aromatic N) is 2. The summed E-state index contributed by atoms with van der Waals surface area (Å²) in [5.41, 5.74) is 3.61. The van der Waals surface area contributed by atoms with Crippen molar-refractivity contribution in [2.45, 2.75) is 10.9 Å². The molecule has 2 aromatic heterocycles. The Morgan fingerprint density at radius 2 is 1.77 bits per heavy atom. The van der Waals surface area contributed by atoms with E-state index in [1.807, 2.05) is 72.8 Å². The smallest absolute Gasteiger partial charge is 0.283 e. The van der Waals surface area contributed by atoms with E-state index in [1.165, 1.54) is 11.8 Å². The van der Waals surface area contributed by atoms with Crippen molar-refractivity contribution in [1.29, 1.82) is 0 Å². The first-order valence-electron chi connectivity index (χ1n) is 9.70. The number of rotatable bonds is 5. The van der Waals surface area contributed by atoms with Crippen LogP contribution in [0.25, 0.3) is 27.6 Å². The molecule has 5 rings (SSSR count). The molecule has 0 aliphatic rings. The molecule has 3 aromatic carbocycles. The molecule has 0 saturated carbocycles. The van der Waals surface area contributed by atoms with E-state index in [9.17, 15) is 4.79 Å². The molecule has 0 fully saturated rings. The zero-order valence-electron chi connectivity index (χ0n) is 16.6. The highest BCUT2D eigenvalue weighted by Gasteiger charge is 2.19. The fourth-order valence-corrected chi connectivity index (χ4v) is 4.68. The molecule has 2 heterocycles. The number of methoxy groups -OCH3 is 1. The molecule has 0 aliphatic carbocycles. The quantitative estimate of drug-likeness (QED) is 0.272. The van der Waals surface area contributed by atoms with Crippen molar-refractivity contribution in [1.82, 2.24) is 14.5 Å². The molecular weight excluding hydrogens is 430 g/mol. The predicted molar refractivity (Wildman–Crippen MR) is 127 cm³/mol. The summed E-state index contributed by atoms with van der Waals surface area (Å²) in [6.07, 6.45) is 0. The standard InChI is InChI=1S/C24H18ClN3O2S/c1-30-20-9-5-4-8-19(20)28-23(29)22-21(17-6-2-3-7-18(17)26-22)27-24(28)31-14-15-10-12-16(25)13-11-15/h2-13,26H,14H2,1H3. The van der Waals surface area contributed by atoms with E-state index < -0.39 is 0 Å². The van der Waals surface area contributed by atoms with Crippen LogP contribution in [0, 0.1) is 0 Å². The molecule has 0 saturated heterocycles. The van der Waals surface area contributed by atoms with Gasteiger partial charge in [0.2, 0.25) is 0 Å². The van der Waals surface area contributed by atoms with Gasteiger partial charge >= 0.3 is 0 Å². The molecule has 0 unspecified atom stereocenters. The first-order valence-corrected chi connectivity index (χ1v) is 11.1. The topological polar surface area (TPSA) is 59.9 Å². The molecular formula is C24H18ClN3O2S. The largest absolute Gasteiger partial charge is 0.495 e. The Kier molecular flexibility index (Phi) is 5.18. The highest BCUT2D eigenvalue weighted by molar-refractivity contribution is 7.98. The van der Waals surface area contributed by atoms with Crippen molar-refractivity contribution >= 4 is 45.3 Å². The number of nitrogens with one attached hydrogen (secondary N) is 1. The number of para-hydroxylation sites is 3. The van der Waals surface area contributed by atoms with Crippen LogP contribution in [0.5, 0.6) is 5.75 Å². The van der Waals surface area contributed by atoms with Gasteiger partial charge in [-0.1, -0.05) is 65.8 Å². The Morgan fingerprint density at radius 1 is 1.03 bits per heavy atom. The van der Waals surface area contributed by atoms with E-state index in [0.29, 0.717) is 38.4 Å². The van der Waals surface area contributed by atoms with Gasteiger partial charge in [0.1, 0.15) is 16.8 Å². The minimum Gasteiger partial charge on any atom is -0.495 e. The minimum atomic E-state index is -0.163. The van der Waals surface area contributed by atoms with Crippen molar-refractivity contribution in [3.63, 3.8) is 0 Å². The molecule has 0 aliphatic heterocycles. The Labute approximate surface area is 187 Å². The number of hydrogen-bond donors (Lipinski definition) is 1. The number of benzene rings is 3. The Hall–Kier alpha value is -3.22.